The predicted octanol–water partition coefficient (Wildman–Crippen LogP) is 7.18. The number of halogens is 5. The summed E-state index contributed by atoms with van der Waals surface area (Å²) in [5.41, 5.74) is 5.48. The number of benzene rings is 2. The molecule has 3 N–H and O–H groups in total. The lowest BCUT2D eigenvalue weighted by atomic mass is 10.0. The number of carbonyl (C=O) groups is 2. The third kappa shape index (κ3) is 8.71. The zero-order valence-corrected chi connectivity index (χ0v) is 30.4. The van der Waals surface area contributed by atoms with Crippen LogP contribution in [0, 0.1) is 0 Å². The van der Waals surface area contributed by atoms with Crippen LogP contribution in [0.25, 0.3) is 22.4 Å². The highest BCUT2D eigenvalue weighted by Crippen LogP contribution is 2.41. The first kappa shape index (κ1) is 37.6. The van der Waals surface area contributed by atoms with E-state index in [1.165, 1.54) is 0 Å². The standard InChI is InChI=1S/C37H40Cl2F3N7O3/c1-48-29-13-17-49(16-4-3-14-37(40,41)42)21-28(29)46-35(48)36(51)47-27-7-5-6-25(32(27)38)26-12-15-44-34(33(26)39)22-8-9-23(30(18-22)52-2)19-43-20-24-10-11-31(50)45-24/h5-9,12,15,18,24,43H,3-4,10-11,13-14,16-17,19-21H2,1-2H3,(H,45,50)(H,47,51). The van der Waals surface area contributed by atoms with E-state index in [1.807, 2.05) is 24.3 Å². The molecule has 15 heteroatoms. The minimum atomic E-state index is -4.15. The van der Waals surface area contributed by atoms with E-state index in [0.717, 1.165) is 28.9 Å². The molecule has 4 aromatic rings. The van der Waals surface area contributed by atoms with Crippen molar-refractivity contribution in [1.82, 2.24) is 30.1 Å². The van der Waals surface area contributed by atoms with Gasteiger partial charge in [0, 0.05) is 92.7 Å². The molecule has 2 aliphatic heterocycles. The number of unbranched alkanes of at least 4 members (excludes halogenated alkanes) is 1. The number of nitrogens with one attached hydrogen (secondary N) is 3. The molecule has 1 fully saturated rings. The fourth-order valence-electron chi connectivity index (χ4n) is 6.75. The number of alkyl halides is 3. The highest BCUT2D eigenvalue weighted by Gasteiger charge is 2.28. The van der Waals surface area contributed by atoms with Gasteiger partial charge in [0.25, 0.3) is 5.91 Å². The van der Waals surface area contributed by atoms with Gasteiger partial charge in [0.15, 0.2) is 5.82 Å². The fraction of sp³-hybridized carbons (Fsp3) is 0.405. The molecular weight excluding hydrogens is 718 g/mol. The number of imidazole rings is 1. The number of fused-ring (bicyclic) bond motifs is 1. The number of aromatic nitrogens is 3. The van der Waals surface area contributed by atoms with Gasteiger partial charge < -0.3 is 25.3 Å². The van der Waals surface area contributed by atoms with E-state index in [4.69, 9.17) is 27.9 Å². The van der Waals surface area contributed by atoms with Gasteiger partial charge in [-0.1, -0.05) is 47.5 Å². The van der Waals surface area contributed by atoms with Crippen LogP contribution in [0.15, 0.2) is 48.7 Å². The largest absolute Gasteiger partial charge is 0.496 e. The summed E-state index contributed by atoms with van der Waals surface area (Å²) in [5.74, 6) is 0.518. The van der Waals surface area contributed by atoms with Crippen molar-refractivity contribution in [2.24, 2.45) is 7.05 Å². The smallest absolute Gasteiger partial charge is 0.389 e. The number of hydrogen-bond acceptors (Lipinski definition) is 7. The molecule has 0 radical (unpaired) electrons. The molecule has 0 aliphatic carbocycles. The number of carbonyl (C=O) groups excluding carboxylic acids is 2. The molecule has 6 rings (SSSR count). The lowest BCUT2D eigenvalue weighted by Gasteiger charge is -2.26. The second-order valence-electron chi connectivity index (χ2n) is 13.1. The second-order valence-corrected chi connectivity index (χ2v) is 13.8. The number of hydrogen-bond donors (Lipinski definition) is 3. The third-order valence-electron chi connectivity index (χ3n) is 9.50. The zero-order chi connectivity index (χ0) is 37.0. The van der Waals surface area contributed by atoms with Gasteiger partial charge in [0.05, 0.1) is 34.2 Å². The summed E-state index contributed by atoms with van der Waals surface area (Å²) in [7, 11) is 3.39. The van der Waals surface area contributed by atoms with E-state index in [9.17, 15) is 22.8 Å². The Balaban J connectivity index is 1.15. The van der Waals surface area contributed by atoms with Crippen LogP contribution in [-0.2, 0) is 31.4 Å². The van der Waals surface area contributed by atoms with Crippen molar-refractivity contribution < 1.29 is 27.5 Å². The maximum absolute atomic E-state index is 13.5. The average molecular weight is 759 g/mol. The Labute approximate surface area is 310 Å². The summed E-state index contributed by atoms with van der Waals surface area (Å²) in [6, 6.07) is 12.9. The van der Waals surface area contributed by atoms with Crippen molar-refractivity contribution in [3.8, 4) is 28.1 Å². The van der Waals surface area contributed by atoms with Crippen LogP contribution in [0.3, 0.4) is 0 Å². The molecule has 0 spiro atoms. The Morgan fingerprint density at radius 1 is 1.10 bits per heavy atom. The highest BCUT2D eigenvalue weighted by molar-refractivity contribution is 6.39. The van der Waals surface area contributed by atoms with Gasteiger partial charge in [-0.25, -0.2) is 4.98 Å². The van der Waals surface area contributed by atoms with Crippen LogP contribution in [0.2, 0.25) is 10.0 Å². The summed E-state index contributed by atoms with van der Waals surface area (Å²) >= 11 is 13.9. The number of methoxy groups -OCH3 is 1. The molecule has 2 aromatic carbocycles. The first-order chi connectivity index (χ1) is 24.9. The van der Waals surface area contributed by atoms with Gasteiger partial charge in [-0.3, -0.25) is 19.5 Å². The molecule has 0 saturated carbocycles. The third-order valence-corrected chi connectivity index (χ3v) is 10.3. The van der Waals surface area contributed by atoms with Gasteiger partial charge in [0.2, 0.25) is 5.91 Å². The summed E-state index contributed by atoms with van der Waals surface area (Å²) in [6.45, 7) is 2.90. The van der Waals surface area contributed by atoms with E-state index in [0.29, 0.717) is 85.3 Å². The molecule has 2 aromatic heterocycles. The van der Waals surface area contributed by atoms with Crippen LogP contribution < -0.4 is 20.7 Å². The molecule has 0 bridgehead atoms. The number of anilines is 1. The Morgan fingerprint density at radius 3 is 2.65 bits per heavy atom. The van der Waals surface area contributed by atoms with Crippen LogP contribution >= 0.6 is 23.2 Å². The SMILES string of the molecule is COc1cc(-c2nccc(-c3cccc(NC(=O)c4nc5c(n4C)CCN(CCCCC(F)(F)F)C5)c3Cl)c2Cl)ccc1CNCC1CCC(=O)N1. The fourth-order valence-corrected chi connectivity index (χ4v) is 7.35. The Hall–Kier alpha value is -4.17. The molecule has 10 nitrogen and oxygen atoms in total. The van der Waals surface area contributed by atoms with E-state index in [1.54, 1.807) is 43.1 Å². The maximum atomic E-state index is 13.5. The predicted molar refractivity (Wildman–Crippen MR) is 195 cm³/mol. The summed E-state index contributed by atoms with van der Waals surface area (Å²) in [4.78, 5) is 36.3. The molecule has 52 heavy (non-hydrogen) atoms. The zero-order valence-electron chi connectivity index (χ0n) is 28.9. The van der Waals surface area contributed by atoms with Crippen molar-refractivity contribution in [2.45, 2.75) is 63.8 Å². The van der Waals surface area contributed by atoms with Crippen molar-refractivity contribution in [1.29, 1.82) is 0 Å². The Bertz CT molecular complexity index is 1950. The Morgan fingerprint density at radius 2 is 1.90 bits per heavy atom. The Kier molecular flexibility index (Phi) is 11.7. The quantitative estimate of drug-likeness (QED) is 0.124. The lowest BCUT2D eigenvalue weighted by molar-refractivity contribution is -0.135. The van der Waals surface area contributed by atoms with Crippen molar-refractivity contribution >= 4 is 40.7 Å². The van der Waals surface area contributed by atoms with Gasteiger partial charge >= 0.3 is 6.18 Å². The van der Waals surface area contributed by atoms with Crippen LogP contribution in [-0.4, -0.2) is 70.2 Å². The topological polar surface area (TPSA) is 113 Å². The van der Waals surface area contributed by atoms with Crippen molar-refractivity contribution in [3.63, 3.8) is 0 Å². The van der Waals surface area contributed by atoms with Crippen molar-refractivity contribution in [3.05, 3.63) is 81.5 Å². The highest BCUT2D eigenvalue weighted by atomic mass is 35.5. The van der Waals surface area contributed by atoms with Gasteiger partial charge in [-0.2, -0.15) is 13.2 Å². The molecule has 1 unspecified atom stereocenters. The van der Waals surface area contributed by atoms with Crippen LogP contribution in [0.1, 0.15) is 59.7 Å². The number of nitrogens with zero attached hydrogens (tertiary/aromatic N) is 4. The summed E-state index contributed by atoms with van der Waals surface area (Å²) in [5, 5.41) is 9.91. The normalized spacial score (nSPS) is 16.1. The van der Waals surface area contributed by atoms with E-state index < -0.39 is 18.5 Å². The van der Waals surface area contributed by atoms with E-state index in [-0.39, 0.29) is 29.2 Å². The number of rotatable bonds is 13. The molecule has 1 atom stereocenters. The van der Waals surface area contributed by atoms with Gasteiger partial charge in [0.1, 0.15) is 5.75 Å². The number of amides is 2. The van der Waals surface area contributed by atoms with Crippen LogP contribution in [0.4, 0.5) is 18.9 Å². The monoisotopic (exact) mass is 757 g/mol. The maximum Gasteiger partial charge on any atom is 0.389 e. The summed E-state index contributed by atoms with van der Waals surface area (Å²) < 4.78 is 45.1. The molecule has 1 saturated heterocycles. The minimum Gasteiger partial charge on any atom is -0.496 e. The minimum absolute atomic E-state index is 0.0804. The molecule has 2 amide bonds. The van der Waals surface area contributed by atoms with Crippen LogP contribution in [0.5, 0.6) is 5.75 Å². The molecular formula is C37H40Cl2F3N7O3. The molecule has 4 heterocycles. The van der Waals surface area contributed by atoms with Gasteiger partial charge in [-0.15, -0.1) is 0 Å². The number of pyridine rings is 1. The van der Waals surface area contributed by atoms with Gasteiger partial charge in [-0.05, 0) is 44.0 Å². The van der Waals surface area contributed by atoms with E-state index >= 15 is 0 Å². The molecule has 2 aliphatic rings. The average Bonchev–Trinajstić information content (AvgIpc) is 3.69. The van der Waals surface area contributed by atoms with Crippen molar-refractivity contribution in [2.75, 3.05) is 32.1 Å². The van der Waals surface area contributed by atoms with E-state index in [2.05, 4.69) is 30.8 Å². The first-order valence-corrected chi connectivity index (χ1v) is 17.9. The second kappa shape index (κ2) is 16.2. The first-order valence-electron chi connectivity index (χ1n) is 17.2. The number of ether oxygens (including phenoxy) is 1. The molecule has 276 valence electrons. The lowest BCUT2D eigenvalue weighted by Crippen LogP contribution is -2.35. The summed E-state index contributed by atoms with van der Waals surface area (Å²) in [6.07, 6.45) is -0.759.